The predicted octanol–water partition coefficient (Wildman–Crippen LogP) is 3.87. The van der Waals surface area contributed by atoms with Gasteiger partial charge in [-0.15, -0.1) is 0 Å². The summed E-state index contributed by atoms with van der Waals surface area (Å²) >= 11 is 0. The number of aromatic amines is 1. The SMILES string of the molecule is CCOC(=O)c1c(C)[nH]c(C(=O)/C(C#N)=C\c2ccc(OCc3noc(C)n3)cc2)c1C. The van der Waals surface area contributed by atoms with E-state index >= 15 is 0 Å². The maximum absolute atomic E-state index is 13.0. The number of rotatable bonds is 8. The standard InChI is InChI=1S/C23H22N4O5/c1-5-30-23(29)20-13(2)21(25-14(20)3)22(28)17(11-24)10-16-6-8-18(9-7-16)31-12-19-26-15(4)32-27-19/h6-10,25H,5,12H2,1-4H3/b17-10-. The molecular formula is C23H22N4O5. The molecule has 3 rings (SSSR count). The maximum atomic E-state index is 13.0. The number of aromatic nitrogens is 3. The first-order valence-electron chi connectivity index (χ1n) is 9.88. The zero-order valence-electron chi connectivity index (χ0n) is 18.2. The van der Waals surface area contributed by atoms with Crippen LogP contribution in [0.3, 0.4) is 0 Å². The quantitative estimate of drug-likeness (QED) is 0.245. The lowest BCUT2D eigenvalue weighted by molar-refractivity contribution is 0.0525. The van der Waals surface area contributed by atoms with Gasteiger partial charge < -0.3 is 19.0 Å². The first-order chi connectivity index (χ1) is 15.3. The van der Waals surface area contributed by atoms with Crippen molar-refractivity contribution >= 4 is 17.8 Å². The second-order valence-electron chi connectivity index (χ2n) is 6.93. The summed E-state index contributed by atoms with van der Waals surface area (Å²) in [7, 11) is 0. The number of hydrogen-bond acceptors (Lipinski definition) is 8. The summed E-state index contributed by atoms with van der Waals surface area (Å²) in [5.41, 5.74) is 2.04. The lowest BCUT2D eigenvalue weighted by atomic mass is 10.0. The van der Waals surface area contributed by atoms with Crippen LogP contribution in [-0.2, 0) is 11.3 Å². The van der Waals surface area contributed by atoms with Crippen LogP contribution in [0.1, 0.15) is 56.3 Å². The molecule has 32 heavy (non-hydrogen) atoms. The summed E-state index contributed by atoms with van der Waals surface area (Å²) in [5.74, 6) is 0.454. The van der Waals surface area contributed by atoms with Gasteiger partial charge in [0.2, 0.25) is 17.5 Å². The number of carbonyl (C=O) groups is 2. The van der Waals surface area contributed by atoms with Gasteiger partial charge in [-0.1, -0.05) is 17.3 Å². The van der Waals surface area contributed by atoms with Crippen LogP contribution in [0.15, 0.2) is 34.4 Å². The number of aryl methyl sites for hydroxylation is 2. The second-order valence-corrected chi connectivity index (χ2v) is 6.93. The largest absolute Gasteiger partial charge is 0.485 e. The molecule has 9 nitrogen and oxygen atoms in total. The molecule has 0 bridgehead atoms. The van der Waals surface area contributed by atoms with E-state index in [9.17, 15) is 14.9 Å². The summed E-state index contributed by atoms with van der Waals surface area (Å²) in [6.45, 7) is 7.11. The summed E-state index contributed by atoms with van der Waals surface area (Å²) in [5, 5.41) is 13.3. The number of ether oxygens (including phenoxy) is 2. The number of benzene rings is 1. The van der Waals surface area contributed by atoms with Crippen LogP contribution in [0.5, 0.6) is 5.75 Å². The second kappa shape index (κ2) is 9.75. The van der Waals surface area contributed by atoms with E-state index in [0.717, 1.165) is 0 Å². The number of allylic oxidation sites excluding steroid dienone is 1. The number of carbonyl (C=O) groups excluding carboxylic acids is 2. The molecule has 0 spiro atoms. The van der Waals surface area contributed by atoms with E-state index in [1.54, 1.807) is 52.0 Å². The van der Waals surface area contributed by atoms with Crippen molar-refractivity contribution in [3.8, 4) is 11.8 Å². The topological polar surface area (TPSA) is 131 Å². The summed E-state index contributed by atoms with van der Waals surface area (Å²) in [4.78, 5) is 32.1. The molecule has 2 aromatic heterocycles. The van der Waals surface area contributed by atoms with Gasteiger partial charge in [-0.3, -0.25) is 4.79 Å². The summed E-state index contributed by atoms with van der Waals surface area (Å²) < 4.78 is 15.5. The van der Waals surface area contributed by atoms with Gasteiger partial charge in [-0.25, -0.2) is 4.79 Å². The van der Waals surface area contributed by atoms with Crippen LogP contribution in [0, 0.1) is 32.1 Å². The van der Waals surface area contributed by atoms with Gasteiger partial charge >= 0.3 is 5.97 Å². The molecule has 0 atom stereocenters. The van der Waals surface area contributed by atoms with Crippen LogP contribution in [-0.4, -0.2) is 33.5 Å². The van der Waals surface area contributed by atoms with Crippen molar-refractivity contribution in [3.63, 3.8) is 0 Å². The third-order valence-electron chi connectivity index (χ3n) is 4.64. The van der Waals surface area contributed by atoms with E-state index in [-0.39, 0.29) is 24.5 Å². The zero-order chi connectivity index (χ0) is 23.3. The lowest BCUT2D eigenvalue weighted by Crippen LogP contribution is -2.08. The van der Waals surface area contributed by atoms with Crippen molar-refractivity contribution in [3.05, 3.63) is 69.6 Å². The number of nitrogens with zero attached hydrogens (tertiary/aromatic N) is 3. The molecule has 0 amide bonds. The molecular weight excluding hydrogens is 412 g/mol. The highest BCUT2D eigenvalue weighted by Crippen LogP contribution is 2.23. The van der Waals surface area contributed by atoms with Crippen LogP contribution in [0.25, 0.3) is 6.08 Å². The Morgan fingerprint density at radius 3 is 2.53 bits per heavy atom. The molecule has 9 heteroatoms. The number of hydrogen-bond donors (Lipinski definition) is 1. The molecule has 0 fully saturated rings. The van der Waals surface area contributed by atoms with Crippen molar-refractivity contribution < 1.29 is 23.6 Å². The van der Waals surface area contributed by atoms with Gasteiger partial charge in [0.1, 0.15) is 17.4 Å². The van der Waals surface area contributed by atoms with E-state index in [1.165, 1.54) is 6.08 Å². The van der Waals surface area contributed by atoms with Crippen molar-refractivity contribution in [2.45, 2.75) is 34.3 Å². The molecule has 0 radical (unpaired) electrons. The predicted molar refractivity (Wildman–Crippen MR) is 114 cm³/mol. The molecule has 0 saturated carbocycles. The van der Waals surface area contributed by atoms with E-state index in [1.807, 2.05) is 6.07 Å². The fourth-order valence-electron chi connectivity index (χ4n) is 3.14. The highest BCUT2D eigenvalue weighted by atomic mass is 16.5. The molecule has 164 valence electrons. The minimum Gasteiger partial charge on any atom is -0.485 e. The van der Waals surface area contributed by atoms with Crippen LogP contribution in [0.4, 0.5) is 0 Å². The highest BCUT2D eigenvalue weighted by molar-refractivity contribution is 6.15. The summed E-state index contributed by atoms with van der Waals surface area (Å²) in [6.07, 6.45) is 1.48. The Hall–Kier alpha value is -4.19. The normalized spacial score (nSPS) is 11.2. The Kier molecular flexibility index (Phi) is 6.85. The number of ketones is 1. The van der Waals surface area contributed by atoms with E-state index in [2.05, 4.69) is 15.1 Å². The molecule has 0 aliphatic carbocycles. The molecule has 0 unspecified atom stereocenters. The Balaban J connectivity index is 1.77. The summed E-state index contributed by atoms with van der Waals surface area (Å²) in [6, 6.07) is 8.80. The first kappa shape index (κ1) is 22.5. The Morgan fingerprint density at radius 1 is 1.22 bits per heavy atom. The zero-order valence-corrected chi connectivity index (χ0v) is 18.2. The smallest absolute Gasteiger partial charge is 0.340 e. The number of H-pyrrole nitrogens is 1. The van der Waals surface area contributed by atoms with Crippen molar-refractivity contribution in [2.75, 3.05) is 6.61 Å². The van der Waals surface area contributed by atoms with Crippen LogP contribution >= 0.6 is 0 Å². The van der Waals surface area contributed by atoms with Crippen LogP contribution in [0.2, 0.25) is 0 Å². The van der Waals surface area contributed by atoms with E-state index in [4.69, 9.17) is 14.0 Å². The average Bonchev–Trinajstić information content (AvgIpc) is 3.32. The average molecular weight is 434 g/mol. The molecule has 1 N–H and O–H groups in total. The minimum atomic E-state index is -0.508. The molecule has 2 heterocycles. The lowest BCUT2D eigenvalue weighted by Gasteiger charge is -2.04. The fourth-order valence-corrected chi connectivity index (χ4v) is 3.14. The van der Waals surface area contributed by atoms with Crippen LogP contribution < -0.4 is 4.74 Å². The van der Waals surface area contributed by atoms with Gasteiger partial charge in [-0.05, 0) is 50.1 Å². The fraction of sp³-hybridized carbons (Fsp3) is 0.261. The number of esters is 1. The number of nitrogens with one attached hydrogen (secondary N) is 1. The van der Waals surface area contributed by atoms with Gasteiger partial charge in [-0.2, -0.15) is 10.2 Å². The first-order valence-corrected chi connectivity index (χ1v) is 9.88. The Labute approximate surface area is 184 Å². The van der Waals surface area contributed by atoms with Crippen molar-refractivity contribution in [2.24, 2.45) is 0 Å². The van der Waals surface area contributed by atoms with Crippen molar-refractivity contribution in [1.82, 2.24) is 15.1 Å². The van der Waals surface area contributed by atoms with E-state index < -0.39 is 11.8 Å². The third kappa shape index (κ3) is 4.92. The van der Waals surface area contributed by atoms with Gasteiger partial charge in [0.25, 0.3) is 0 Å². The molecule has 3 aromatic rings. The Morgan fingerprint density at radius 2 is 1.94 bits per heavy atom. The van der Waals surface area contributed by atoms with E-state index in [0.29, 0.717) is 39.8 Å². The van der Waals surface area contributed by atoms with Gasteiger partial charge in [0, 0.05) is 12.6 Å². The molecule has 0 saturated heterocycles. The number of Topliss-reactive ketones (excluding diaryl/α,β-unsaturated/α-hetero) is 1. The third-order valence-corrected chi connectivity index (χ3v) is 4.64. The van der Waals surface area contributed by atoms with Gasteiger partial charge in [0.05, 0.1) is 17.9 Å². The molecule has 0 aliphatic rings. The van der Waals surface area contributed by atoms with Gasteiger partial charge in [0.15, 0.2) is 6.61 Å². The minimum absolute atomic E-state index is 0.0688. The highest BCUT2D eigenvalue weighted by Gasteiger charge is 2.24. The van der Waals surface area contributed by atoms with Crippen molar-refractivity contribution in [1.29, 1.82) is 5.26 Å². The monoisotopic (exact) mass is 434 g/mol. The molecule has 0 aliphatic heterocycles. The maximum Gasteiger partial charge on any atom is 0.340 e. The number of nitriles is 1. The molecule has 1 aromatic carbocycles. The Bertz CT molecular complexity index is 1210.